The minimum Gasteiger partial charge on any atom is -0.348 e. The summed E-state index contributed by atoms with van der Waals surface area (Å²) in [6, 6.07) is 6.05. The molecule has 0 saturated carbocycles. The van der Waals surface area contributed by atoms with E-state index in [1.54, 1.807) is 0 Å². The number of nitrogens with zero attached hydrogens (tertiary/aromatic N) is 1. The lowest BCUT2D eigenvalue weighted by Crippen LogP contribution is -2.23. The van der Waals surface area contributed by atoms with E-state index in [1.807, 2.05) is 0 Å². The number of carbonyl (C=O) groups excluding carboxylic acids is 1. The highest BCUT2D eigenvalue weighted by atomic mass is 35.5. The first-order valence-corrected chi connectivity index (χ1v) is 6.78. The molecule has 1 heterocycles. The molecule has 0 saturated heterocycles. The van der Waals surface area contributed by atoms with E-state index >= 15 is 0 Å². The molecule has 0 aliphatic carbocycles. The van der Waals surface area contributed by atoms with Crippen molar-refractivity contribution in [2.75, 3.05) is 0 Å². The molecule has 0 aliphatic heterocycles. The zero-order valence-corrected chi connectivity index (χ0v) is 12.4. The van der Waals surface area contributed by atoms with Gasteiger partial charge in [-0.3, -0.25) is 4.79 Å². The summed E-state index contributed by atoms with van der Waals surface area (Å²) in [5.74, 6) is -0.511. The van der Waals surface area contributed by atoms with Gasteiger partial charge in [-0.2, -0.15) is 13.2 Å². The zero-order valence-electron chi connectivity index (χ0n) is 10.9. The Kier molecular flexibility index (Phi) is 4.93. The van der Waals surface area contributed by atoms with Gasteiger partial charge in [-0.25, -0.2) is 4.98 Å². The van der Waals surface area contributed by atoms with Crippen molar-refractivity contribution >= 4 is 29.1 Å². The second-order valence-electron chi connectivity index (χ2n) is 4.38. The minimum atomic E-state index is -4.42. The molecule has 116 valence electrons. The highest BCUT2D eigenvalue weighted by Crippen LogP contribution is 2.29. The molecule has 1 N–H and O–H groups in total. The summed E-state index contributed by atoms with van der Waals surface area (Å²) >= 11 is 11.4. The van der Waals surface area contributed by atoms with Crippen molar-refractivity contribution in [1.29, 1.82) is 0 Å². The quantitative estimate of drug-likeness (QED) is 0.838. The number of alkyl halides is 3. The molecule has 0 aliphatic rings. The van der Waals surface area contributed by atoms with Crippen LogP contribution in [0.25, 0.3) is 0 Å². The second-order valence-corrected chi connectivity index (χ2v) is 5.14. The predicted molar refractivity (Wildman–Crippen MR) is 76.9 cm³/mol. The topological polar surface area (TPSA) is 42.0 Å². The van der Waals surface area contributed by atoms with E-state index in [0.29, 0.717) is 5.56 Å². The summed E-state index contributed by atoms with van der Waals surface area (Å²) in [4.78, 5) is 15.6. The Hall–Kier alpha value is -1.79. The van der Waals surface area contributed by atoms with Crippen LogP contribution in [0.2, 0.25) is 10.2 Å². The van der Waals surface area contributed by atoms with Gasteiger partial charge in [0.15, 0.2) is 0 Å². The van der Waals surface area contributed by atoms with E-state index in [9.17, 15) is 18.0 Å². The number of pyridine rings is 1. The van der Waals surface area contributed by atoms with Crippen LogP contribution < -0.4 is 5.32 Å². The van der Waals surface area contributed by atoms with Gasteiger partial charge in [0.1, 0.15) is 5.15 Å². The summed E-state index contributed by atoms with van der Waals surface area (Å²) in [5, 5.41) is 2.68. The lowest BCUT2D eigenvalue weighted by Gasteiger charge is -2.10. The van der Waals surface area contributed by atoms with E-state index in [4.69, 9.17) is 23.2 Å². The number of halogens is 5. The fraction of sp³-hybridized carbons (Fsp3) is 0.143. The summed E-state index contributed by atoms with van der Waals surface area (Å²) in [7, 11) is 0. The third-order valence-corrected chi connectivity index (χ3v) is 3.45. The average molecular weight is 349 g/mol. The molecule has 0 atom stereocenters. The Labute approximate surface area is 134 Å². The molecule has 3 nitrogen and oxygen atoms in total. The number of benzene rings is 1. The maximum absolute atomic E-state index is 12.6. The Morgan fingerprint density at radius 2 is 1.95 bits per heavy atom. The van der Waals surface area contributed by atoms with Crippen LogP contribution in [0.1, 0.15) is 21.5 Å². The van der Waals surface area contributed by atoms with Crippen molar-refractivity contribution < 1.29 is 18.0 Å². The van der Waals surface area contributed by atoms with E-state index in [1.165, 1.54) is 24.4 Å². The molecule has 1 aromatic heterocycles. The lowest BCUT2D eigenvalue weighted by atomic mass is 10.1. The summed E-state index contributed by atoms with van der Waals surface area (Å²) in [5.41, 5.74) is -0.270. The SMILES string of the molecule is O=C(NCc1cccc(C(F)(F)F)c1)c1cnc(Cl)c(Cl)c1. The number of amides is 1. The first-order chi connectivity index (χ1) is 10.3. The van der Waals surface area contributed by atoms with Crippen molar-refractivity contribution in [3.05, 3.63) is 63.4 Å². The first-order valence-electron chi connectivity index (χ1n) is 6.03. The van der Waals surface area contributed by atoms with Crippen molar-refractivity contribution in [1.82, 2.24) is 10.3 Å². The molecule has 22 heavy (non-hydrogen) atoms. The van der Waals surface area contributed by atoms with Gasteiger partial charge in [0.05, 0.1) is 16.1 Å². The van der Waals surface area contributed by atoms with Crippen molar-refractivity contribution in [3.8, 4) is 0 Å². The van der Waals surface area contributed by atoms with Crippen LogP contribution in [0.3, 0.4) is 0 Å². The fourth-order valence-electron chi connectivity index (χ4n) is 1.69. The van der Waals surface area contributed by atoms with Crippen molar-refractivity contribution in [3.63, 3.8) is 0 Å². The van der Waals surface area contributed by atoms with Crippen LogP contribution in [0.5, 0.6) is 0 Å². The number of hydrogen-bond acceptors (Lipinski definition) is 2. The van der Waals surface area contributed by atoms with Crippen LogP contribution >= 0.6 is 23.2 Å². The van der Waals surface area contributed by atoms with Crippen LogP contribution in [-0.4, -0.2) is 10.9 Å². The molecule has 2 aromatic rings. The molecule has 1 amide bonds. The number of nitrogens with one attached hydrogen (secondary N) is 1. The van der Waals surface area contributed by atoms with Crippen LogP contribution in [0.4, 0.5) is 13.2 Å². The molecule has 0 spiro atoms. The Morgan fingerprint density at radius 3 is 2.59 bits per heavy atom. The van der Waals surface area contributed by atoms with Gasteiger partial charge in [-0.15, -0.1) is 0 Å². The van der Waals surface area contributed by atoms with Gasteiger partial charge in [-0.05, 0) is 23.8 Å². The van der Waals surface area contributed by atoms with E-state index in [0.717, 1.165) is 12.1 Å². The molecule has 2 rings (SSSR count). The molecule has 0 unspecified atom stereocenters. The third kappa shape index (κ3) is 4.11. The number of hydrogen-bond donors (Lipinski definition) is 1. The Bertz CT molecular complexity index is 705. The van der Waals surface area contributed by atoms with Gasteiger partial charge < -0.3 is 5.32 Å². The molecule has 0 bridgehead atoms. The maximum Gasteiger partial charge on any atom is 0.416 e. The summed E-state index contributed by atoms with van der Waals surface area (Å²) in [6.45, 7) is -0.0526. The van der Waals surface area contributed by atoms with E-state index in [2.05, 4.69) is 10.3 Å². The Morgan fingerprint density at radius 1 is 1.23 bits per heavy atom. The summed E-state index contributed by atoms with van der Waals surface area (Å²) in [6.07, 6.45) is -3.19. The van der Waals surface area contributed by atoms with Gasteiger partial charge in [0, 0.05) is 12.7 Å². The average Bonchev–Trinajstić information content (AvgIpc) is 2.47. The Balaban J connectivity index is 2.06. The van der Waals surface area contributed by atoms with Crippen LogP contribution in [-0.2, 0) is 12.7 Å². The predicted octanol–water partition coefficient (Wildman–Crippen LogP) is 4.34. The number of aromatic nitrogens is 1. The van der Waals surface area contributed by atoms with Gasteiger partial charge >= 0.3 is 6.18 Å². The molecule has 8 heteroatoms. The molecule has 0 fully saturated rings. The minimum absolute atomic E-state index is 0.0526. The van der Waals surface area contributed by atoms with Crippen molar-refractivity contribution in [2.45, 2.75) is 12.7 Å². The molecule has 0 radical (unpaired) electrons. The normalized spacial score (nSPS) is 11.3. The standard InChI is InChI=1S/C14H9Cl2F3N2O/c15-11-5-9(7-20-12(11)16)13(22)21-6-8-2-1-3-10(4-8)14(17,18)19/h1-5,7H,6H2,(H,21,22). The molecule has 1 aromatic carbocycles. The highest BCUT2D eigenvalue weighted by Gasteiger charge is 2.30. The number of rotatable bonds is 3. The molecular weight excluding hydrogens is 340 g/mol. The largest absolute Gasteiger partial charge is 0.416 e. The highest BCUT2D eigenvalue weighted by molar-refractivity contribution is 6.41. The van der Waals surface area contributed by atoms with E-state index in [-0.39, 0.29) is 22.3 Å². The fourth-order valence-corrected chi connectivity index (χ4v) is 1.96. The molecular formula is C14H9Cl2F3N2O. The monoisotopic (exact) mass is 348 g/mol. The maximum atomic E-state index is 12.6. The smallest absolute Gasteiger partial charge is 0.348 e. The third-order valence-electron chi connectivity index (χ3n) is 2.77. The van der Waals surface area contributed by atoms with Crippen LogP contribution in [0.15, 0.2) is 36.5 Å². The van der Waals surface area contributed by atoms with Gasteiger partial charge in [0.25, 0.3) is 5.91 Å². The second kappa shape index (κ2) is 6.54. The lowest BCUT2D eigenvalue weighted by molar-refractivity contribution is -0.137. The van der Waals surface area contributed by atoms with Gasteiger partial charge in [-0.1, -0.05) is 35.3 Å². The van der Waals surface area contributed by atoms with Crippen LogP contribution in [0, 0.1) is 0 Å². The first kappa shape index (κ1) is 16.6. The van der Waals surface area contributed by atoms with E-state index < -0.39 is 17.6 Å². The van der Waals surface area contributed by atoms with Gasteiger partial charge in [0.2, 0.25) is 0 Å². The summed E-state index contributed by atoms with van der Waals surface area (Å²) < 4.78 is 37.8. The van der Waals surface area contributed by atoms with Crippen molar-refractivity contribution in [2.24, 2.45) is 0 Å². The number of carbonyl (C=O) groups is 1. The zero-order chi connectivity index (χ0) is 16.3.